The first-order valence-electron chi connectivity index (χ1n) is 8.81. The summed E-state index contributed by atoms with van der Waals surface area (Å²) in [4.78, 5) is 15.0. The van der Waals surface area contributed by atoms with E-state index in [0.29, 0.717) is 12.0 Å². The maximum Gasteiger partial charge on any atom is 0.324 e. The molecule has 1 aliphatic rings. The number of ether oxygens (including phenoxy) is 1. The fraction of sp³-hybridized carbons (Fsp3) is 0.632. The van der Waals surface area contributed by atoms with E-state index < -0.39 is 11.6 Å². The van der Waals surface area contributed by atoms with Crippen LogP contribution in [0.2, 0.25) is 0 Å². The Balaban J connectivity index is 2.29. The van der Waals surface area contributed by atoms with Crippen LogP contribution in [0.1, 0.15) is 38.8 Å². The van der Waals surface area contributed by atoms with E-state index in [4.69, 9.17) is 4.74 Å². The van der Waals surface area contributed by atoms with Gasteiger partial charge in [0.1, 0.15) is 17.5 Å². The SMILES string of the molecule is Cc1cc(F)c(CC(C(=O)OC(C)(C)C)N2CCNC(C)C2)c(P)c1. The second-order valence-electron chi connectivity index (χ2n) is 7.92. The zero-order valence-electron chi connectivity index (χ0n) is 15.9. The molecule has 0 bridgehead atoms. The van der Waals surface area contributed by atoms with Crippen LogP contribution in [0.3, 0.4) is 0 Å². The van der Waals surface area contributed by atoms with Gasteiger partial charge >= 0.3 is 5.97 Å². The molecule has 1 aromatic carbocycles. The van der Waals surface area contributed by atoms with E-state index in [0.717, 1.165) is 30.5 Å². The molecule has 25 heavy (non-hydrogen) atoms. The third-order valence-electron chi connectivity index (χ3n) is 4.29. The number of esters is 1. The van der Waals surface area contributed by atoms with Crippen molar-refractivity contribution in [2.45, 2.75) is 58.7 Å². The molecule has 0 radical (unpaired) electrons. The molecule has 4 nitrogen and oxygen atoms in total. The molecule has 0 aromatic heterocycles. The average molecular weight is 368 g/mol. The number of nitrogens with one attached hydrogen (secondary N) is 1. The van der Waals surface area contributed by atoms with Crippen molar-refractivity contribution in [2.24, 2.45) is 0 Å². The highest BCUT2D eigenvalue weighted by Gasteiger charge is 2.33. The standard InChI is InChI=1S/C19H30FN2O2P/c1-12-8-15(20)14(17(25)9-12)10-16(18(23)24-19(3,4)5)22-7-6-21-13(2)11-22/h8-9,13,16,21H,6-7,10-11,25H2,1-5H3. The maximum atomic E-state index is 14.5. The number of benzene rings is 1. The number of nitrogens with zero attached hydrogens (tertiary/aromatic N) is 1. The topological polar surface area (TPSA) is 41.6 Å². The zero-order valence-corrected chi connectivity index (χ0v) is 17.0. The number of hydrogen-bond donors (Lipinski definition) is 1. The van der Waals surface area contributed by atoms with Crippen LogP contribution in [0, 0.1) is 12.7 Å². The second kappa shape index (κ2) is 8.11. The minimum atomic E-state index is -0.565. The fourth-order valence-corrected chi connectivity index (χ4v) is 3.70. The Kier molecular flexibility index (Phi) is 6.58. The van der Waals surface area contributed by atoms with E-state index in [1.807, 2.05) is 33.8 Å². The number of aryl methyl sites for hydroxylation is 1. The van der Waals surface area contributed by atoms with Gasteiger partial charge in [-0.1, -0.05) is 6.07 Å². The summed E-state index contributed by atoms with van der Waals surface area (Å²) in [6.07, 6.45) is 0.312. The van der Waals surface area contributed by atoms with Gasteiger partial charge in [0, 0.05) is 32.1 Å². The number of halogens is 1. The quantitative estimate of drug-likeness (QED) is 0.653. The lowest BCUT2D eigenvalue weighted by atomic mass is 10.0. The number of carbonyl (C=O) groups is 1. The van der Waals surface area contributed by atoms with Crippen molar-refractivity contribution >= 4 is 20.5 Å². The summed E-state index contributed by atoms with van der Waals surface area (Å²) in [7, 11) is 2.59. The van der Waals surface area contributed by atoms with Crippen LogP contribution < -0.4 is 10.6 Å². The molecule has 1 aliphatic heterocycles. The maximum absolute atomic E-state index is 14.5. The summed E-state index contributed by atoms with van der Waals surface area (Å²) in [6, 6.07) is 3.25. The average Bonchev–Trinajstić information content (AvgIpc) is 2.44. The second-order valence-corrected chi connectivity index (χ2v) is 8.54. The number of rotatable bonds is 4. The van der Waals surface area contributed by atoms with Gasteiger partial charge in [0.05, 0.1) is 0 Å². The van der Waals surface area contributed by atoms with E-state index in [1.54, 1.807) is 0 Å². The first-order chi connectivity index (χ1) is 11.6. The van der Waals surface area contributed by atoms with E-state index >= 15 is 0 Å². The van der Waals surface area contributed by atoms with Crippen molar-refractivity contribution in [3.63, 3.8) is 0 Å². The van der Waals surface area contributed by atoms with Gasteiger partial charge in [-0.2, -0.15) is 0 Å². The Morgan fingerprint density at radius 1 is 1.48 bits per heavy atom. The van der Waals surface area contributed by atoms with Crippen LogP contribution in [-0.2, 0) is 16.0 Å². The van der Waals surface area contributed by atoms with Crippen molar-refractivity contribution in [2.75, 3.05) is 19.6 Å². The lowest BCUT2D eigenvalue weighted by Crippen LogP contribution is -2.56. The van der Waals surface area contributed by atoms with Crippen molar-refractivity contribution in [3.05, 3.63) is 29.1 Å². The molecule has 1 aromatic rings. The molecule has 6 heteroatoms. The molecule has 1 fully saturated rings. The van der Waals surface area contributed by atoms with Gasteiger partial charge < -0.3 is 10.1 Å². The molecule has 140 valence electrons. The largest absolute Gasteiger partial charge is 0.459 e. The predicted octanol–water partition coefficient (Wildman–Crippen LogP) is 2.18. The van der Waals surface area contributed by atoms with Gasteiger partial charge in [-0.25, -0.2) is 4.39 Å². The number of hydrogen-bond acceptors (Lipinski definition) is 4. The lowest BCUT2D eigenvalue weighted by molar-refractivity contribution is -0.162. The van der Waals surface area contributed by atoms with Gasteiger partial charge in [-0.05, 0) is 57.1 Å². The third kappa shape index (κ3) is 5.73. The number of carbonyl (C=O) groups excluding carboxylic acids is 1. The first-order valence-corrected chi connectivity index (χ1v) is 9.39. The third-order valence-corrected chi connectivity index (χ3v) is 4.81. The van der Waals surface area contributed by atoms with E-state index in [-0.39, 0.29) is 17.8 Å². The highest BCUT2D eigenvalue weighted by Crippen LogP contribution is 2.19. The Hall–Kier alpha value is -1.03. The van der Waals surface area contributed by atoms with E-state index in [9.17, 15) is 9.18 Å². The zero-order chi connectivity index (χ0) is 18.8. The van der Waals surface area contributed by atoms with E-state index in [2.05, 4.69) is 26.4 Å². The summed E-state index contributed by atoms with van der Waals surface area (Å²) in [5.41, 5.74) is 0.874. The Bertz CT molecular complexity index is 607. The van der Waals surface area contributed by atoms with Crippen molar-refractivity contribution in [3.8, 4) is 0 Å². The molecule has 3 unspecified atom stereocenters. The molecular formula is C19H30FN2O2P. The van der Waals surface area contributed by atoms with Crippen LogP contribution in [0.25, 0.3) is 0 Å². The molecule has 1 heterocycles. The van der Waals surface area contributed by atoms with Crippen molar-refractivity contribution in [1.82, 2.24) is 10.2 Å². The molecule has 3 atom stereocenters. The van der Waals surface area contributed by atoms with Crippen molar-refractivity contribution < 1.29 is 13.9 Å². The molecule has 1 N–H and O–H groups in total. The Morgan fingerprint density at radius 3 is 2.72 bits per heavy atom. The predicted molar refractivity (Wildman–Crippen MR) is 103 cm³/mol. The van der Waals surface area contributed by atoms with E-state index in [1.165, 1.54) is 6.07 Å². The summed E-state index contributed by atoms with van der Waals surface area (Å²) < 4.78 is 20.2. The highest BCUT2D eigenvalue weighted by molar-refractivity contribution is 7.27. The van der Waals surface area contributed by atoms with Crippen LogP contribution in [0.5, 0.6) is 0 Å². The van der Waals surface area contributed by atoms with Gasteiger partial charge in [-0.15, -0.1) is 9.24 Å². The van der Waals surface area contributed by atoms with Gasteiger partial charge in [-0.3, -0.25) is 9.69 Å². The molecule has 0 aliphatic carbocycles. The van der Waals surface area contributed by atoms with Crippen LogP contribution in [-0.4, -0.2) is 48.2 Å². The molecule has 0 saturated carbocycles. The molecule has 2 rings (SSSR count). The Labute approximate surface area is 152 Å². The first kappa shape index (κ1) is 20.3. The smallest absolute Gasteiger partial charge is 0.324 e. The monoisotopic (exact) mass is 368 g/mol. The molecule has 1 saturated heterocycles. The molecular weight excluding hydrogens is 338 g/mol. The van der Waals surface area contributed by atoms with Gasteiger partial charge in [0.25, 0.3) is 0 Å². The van der Waals surface area contributed by atoms with Crippen molar-refractivity contribution in [1.29, 1.82) is 0 Å². The minimum Gasteiger partial charge on any atom is -0.459 e. The van der Waals surface area contributed by atoms with Crippen LogP contribution >= 0.6 is 9.24 Å². The highest BCUT2D eigenvalue weighted by atomic mass is 31.0. The summed E-state index contributed by atoms with van der Waals surface area (Å²) in [6.45, 7) is 11.8. The van der Waals surface area contributed by atoms with Gasteiger partial charge in [0.2, 0.25) is 0 Å². The molecule has 0 amide bonds. The fourth-order valence-electron chi connectivity index (χ4n) is 3.18. The summed E-state index contributed by atoms with van der Waals surface area (Å²) in [5.74, 6) is -0.548. The summed E-state index contributed by atoms with van der Waals surface area (Å²) in [5, 5.41) is 4.18. The summed E-state index contributed by atoms with van der Waals surface area (Å²) >= 11 is 0. The van der Waals surface area contributed by atoms with Crippen LogP contribution in [0.4, 0.5) is 4.39 Å². The normalized spacial score (nSPS) is 20.4. The van der Waals surface area contributed by atoms with Crippen LogP contribution in [0.15, 0.2) is 12.1 Å². The van der Waals surface area contributed by atoms with Gasteiger partial charge in [0.15, 0.2) is 0 Å². The lowest BCUT2D eigenvalue weighted by Gasteiger charge is -2.38. The number of piperazine rings is 1. The Morgan fingerprint density at radius 2 is 2.16 bits per heavy atom. The minimum absolute atomic E-state index is 0.262. The molecule has 0 spiro atoms.